The fraction of sp³-hybridized carbons (Fsp3) is 0.300. The van der Waals surface area contributed by atoms with Crippen molar-refractivity contribution in [3.05, 3.63) is 24.3 Å². The Labute approximate surface area is 100 Å². The normalized spacial score (nSPS) is 10.9. The molecule has 0 atom stereocenters. The molecule has 0 aromatic heterocycles. The summed E-state index contributed by atoms with van der Waals surface area (Å²) in [5, 5.41) is 2.41. The quantitative estimate of drug-likeness (QED) is 0.690. The van der Waals surface area contributed by atoms with Crippen LogP contribution in [0.15, 0.2) is 29.2 Å². The second-order valence-corrected chi connectivity index (χ2v) is 5.05. The standard InChI is InChI=1S/C10H15N3O3S/c1-2-7-12-10(14)13-17(15,16)9-6-4-3-5-8(9)11/h3-6H,2,7,11H2,1H3,(H2,12,13,14). The number of urea groups is 1. The largest absolute Gasteiger partial charge is 0.398 e. The summed E-state index contributed by atoms with van der Waals surface area (Å²) in [6.07, 6.45) is 0.723. The number of nitrogens with one attached hydrogen (secondary N) is 2. The molecule has 6 nitrogen and oxygen atoms in total. The number of hydrogen-bond donors (Lipinski definition) is 3. The summed E-state index contributed by atoms with van der Waals surface area (Å²) in [5.41, 5.74) is 5.63. The van der Waals surface area contributed by atoms with Crippen molar-refractivity contribution in [3.8, 4) is 0 Å². The minimum Gasteiger partial charge on any atom is -0.398 e. The Bertz CT molecular complexity index is 499. The number of carbonyl (C=O) groups is 1. The Morgan fingerprint density at radius 1 is 1.35 bits per heavy atom. The van der Waals surface area contributed by atoms with E-state index in [0.717, 1.165) is 6.42 Å². The molecule has 0 aliphatic heterocycles. The van der Waals surface area contributed by atoms with Crippen molar-refractivity contribution in [1.29, 1.82) is 0 Å². The Morgan fingerprint density at radius 3 is 2.59 bits per heavy atom. The molecule has 4 N–H and O–H groups in total. The molecule has 0 aliphatic rings. The van der Waals surface area contributed by atoms with E-state index in [2.05, 4.69) is 5.32 Å². The number of anilines is 1. The highest BCUT2D eigenvalue weighted by molar-refractivity contribution is 7.90. The van der Waals surface area contributed by atoms with Crippen molar-refractivity contribution in [2.24, 2.45) is 0 Å². The van der Waals surface area contributed by atoms with E-state index >= 15 is 0 Å². The van der Waals surface area contributed by atoms with Gasteiger partial charge in [0.05, 0.1) is 5.69 Å². The molecule has 1 rings (SSSR count). The molecule has 0 spiro atoms. The molecule has 0 saturated carbocycles. The highest BCUT2D eigenvalue weighted by Gasteiger charge is 2.19. The third kappa shape index (κ3) is 3.63. The summed E-state index contributed by atoms with van der Waals surface area (Å²) in [5.74, 6) is 0. The van der Waals surface area contributed by atoms with Crippen LogP contribution in [0.5, 0.6) is 0 Å². The molecule has 1 aromatic carbocycles. The van der Waals surface area contributed by atoms with Crippen LogP contribution in [0.1, 0.15) is 13.3 Å². The second-order valence-electron chi connectivity index (χ2n) is 3.40. The molecular weight excluding hydrogens is 242 g/mol. The van der Waals surface area contributed by atoms with E-state index in [1.54, 1.807) is 6.07 Å². The molecule has 0 fully saturated rings. The molecule has 94 valence electrons. The average molecular weight is 257 g/mol. The van der Waals surface area contributed by atoms with Crippen LogP contribution in [-0.4, -0.2) is 21.0 Å². The highest BCUT2D eigenvalue weighted by atomic mass is 32.2. The van der Waals surface area contributed by atoms with Crippen molar-refractivity contribution in [2.45, 2.75) is 18.2 Å². The maximum absolute atomic E-state index is 11.8. The number of amides is 2. The lowest BCUT2D eigenvalue weighted by Gasteiger charge is -2.09. The van der Waals surface area contributed by atoms with Gasteiger partial charge in [-0.1, -0.05) is 19.1 Å². The minimum atomic E-state index is -3.91. The molecule has 1 aromatic rings. The number of nitrogens with two attached hydrogens (primary N) is 1. The Balaban J connectivity index is 2.83. The zero-order valence-electron chi connectivity index (χ0n) is 9.43. The zero-order valence-corrected chi connectivity index (χ0v) is 10.3. The van der Waals surface area contributed by atoms with Crippen LogP contribution in [0.2, 0.25) is 0 Å². The predicted molar refractivity (Wildman–Crippen MR) is 64.9 cm³/mol. The van der Waals surface area contributed by atoms with Gasteiger partial charge in [0.2, 0.25) is 0 Å². The van der Waals surface area contributed by atoms with E-state index in [1.165, 1.54) is 18.2 Å². The van der Waals surface area contributed by atoms with Crippen LogP contribution >= 0.6 is 0 Å². The van der Waals surface area contributed by atoms with Crippen LogP contribution in [-0.2, 0) is 10.0 Å². The van der Waals surface area contributed by atoms with Crippen molar-refractivity contribution in [1.82, 2.24) is 10.0 Å². The monoisotopic (exact) mass is 257 g/mol. The first-order valence-corrected chi connectivity index (χ1v) is 6.61. The van der Waals surface area contributed by atoms with Gasteiger partial charge in [-0.15, -0.1) is 0 Å². The maximum Gasteiger partial charge on any atom is 0.328 e. The summed E-state index contributed by atoms with van der Waals surface area (Å²) in [4.78, 5) is 11.2. The maximum atomic E-state index is 11.8. The summed E-state index contributed by atoms with van der Waals surface area (Å²) < 4.78 is 25.4. The van der Waals surface area contributed by atoms with Crippen molar-refractivity contribution < 1.29 is 13.2 Å². The van der Waals surface area contributed by atoms with Gasteiger partial charge in [-0.05, 0) is 18.6 Å². The van der Waals surface area contributed by atoms with Crippen molar-refractivity contribution >= 4 is 21.7 Å². The molecule has 7 heteroatoms. The number of benzene rings is 1. The van der Waals surface area contributed by atoms with Gasteiger partial charge >= 0.3 is 6.03 Å². The summed E-state index contributed by atoms with van der Waals surface area (Å²) in [6, 6.07) is 5.19. The highest BCUT2D eigenvalue weighted by Crippen LogP contribution is 2.16. The van der Waals surface area contributed by atoms with Gasteiger partial charge in [0.25, 0.3) is 10.0 Å². The smallest absolute Gasteiger partial charge is 0.328 e. The van der Waals surface area contributed by atoms with Gasteiger partial charge < -0.3 is 11.1 Å². The molecular formula is C10H15N3O3S. The number of sulfonamides is 1. The van der Waals surface area contributed by atoms with E-state index in [0.29, 0.717) is 6.54 Å². The molecule has 0 unspecified atom stereocenters. The number of hydrogen-bond acceptors (Lipinski definition) is 4. The SMILES string of the molecule is CCCNC(=O)NS(=O)(=O)c1ccccc1N. The minimum absolute atomic E-state index is 0.100. The zero-order chi connectivity index (χ0) is 12.9. The van der Waals surface area contributed by atoms with Gasteiger partial charge in [-0.3, -0.25) is 0 Å². The van der Waals surface area contributed by atoms with Crippen LogP contribution < -0.4 is 15.8 Å². The Kier molecular flexibility index (Phi) is 4.33. The molecule has 0 heterocycles. The number of rotatable bonds is 4. The molecule has 0 aliphatic carbocycles. The van der Waals surface area contributed by atoms with Gasteiger partial charge in [0.15, 0.2) is 0 Å². The van der Waals surface area contributed by atoms with E-state index in [4.69, 9.17) is 5.73 Å². The first kappa shape index (κ1) is 13.3. The molecule has 2 amide bonds. The lowest BCUT2D eigenvalue weighted by Crippen LogP contribution is -2.39. The van der Waals surface area contributed by atoms with Crippen molar-refractivity contribution in [3.63, 3.8) is 0 Å². The number of nitrogen functional groups attached to an aromatic ring is 1. The van der Waals surface area contributed by atoms with Gasteiger partial charge in [-0.25, -0.2) is 17.9 Å². The van der Waals surface area contributed by atoms with Crippen LogP contribution in [0, 0.1) is 0 Å². The van der Waals surface area contributed by atoms with Crippen molar-refractivity contribution in [2.75, 3.05) is 12.3 Å². The summed E-state index contributed by atoms with van der Waals surface area (Å²) in [6.45, 7) is 2.27. The number of carbonyl (C=O) groups excluding carboxylic acids is 1. The molecule has 17 heavy (non-hydrogen) atoms. The Morgan fingerprint density at radius 2 is 2.00 bits per heavy atom. The third-order valence-corrected chi connectivity index (χ3v) is 3.38. The van der Waals surface area contributed by atoms with Crippen LogP contribution in [0.4, 0.5) is 10.5 Å². The second kappa shape index (κ2) is 5.53. The first-order chi connectivity index (χ1) is 7.97. The number of para-hydroxylation sites is 1. The predicted octanol–water partition coefficient (Wildman–Crippen LogP) is 0.667. The van der Waals surface area contributed by atoms with Gasteiger partial charge in [-0.2, -0.15) is 0 Å². The molecule has 0 saturated heterocycles. The lowest BCUT2D eigenvalue weighted by molar-refractivity contribution is 0.246. The Hall–Kier alpha value is -1.76. The van der Waals surface area contributed by atoms with Gasteiger partial charge in [0.1, 0.15) is 4.90 Å². The summed E-state index contributed by atoms with van der Waals surface area (Å²) in [7, 11) is -3.91. The summed E-state index contributed by atoms with van der Waals surface area (Å²) >= 11 is 0. The average Bonchev–Trinajstić information content (AvgIpc) is 2.26. The first-order valence-electron chi connectivity index (χ1n) is 5.12. The van der Waals surface area contributed by atoms with E-state index < -0.39 is 16.1 Å². The van der Waals surface area contributed by atoms with Gasteiger partial charge in [0, 0.05) is 6.54 Å². The van der Waals surface area contributed by atoms with Crippen LogP contribution in [0.3, 0.4) is 0 Å². The van der Waals surface area contributed by atoms with Crippen LogP contribution in [0.25, 0.3) is 0 Å². The molecule has 0 bridgehead atoms. The van der Waals surface area contributed by atoms with E-state index in [9.17, 15) is 13.2 Å². The third-order valence-electron chi connectivity index (χ3n) is 1.97. The lowest BCUT2D eigenvalue weighted by atomic mass is 10.3. The topological polar surface area (TPSA) is 101 Å². The fourth-order valence-corrected chi connectivity index (χ4v) is 2.24. The fourth-order valence-electron chi connectivity index (χ4n) is 1.18. The van der Waals surface area contributed by atoms with E-state index in [1.807, 2.05) is 11.6 Å². The molecule has 0 radical (unpaired) electrons. The van der Waals surface area contributed by atoms with E-state index in [-0.39, 0.29) is 10.6 Å².